The number of carbonyl (C=O) groups is 1. The summed E-state index contributed by atoms with van der Waals surface area (Å²) in [4.78, 5) is 32.8. The van der Waals surface area contributed by atoms with E-state index in [2.05, 4.69) is 5.32 Å². The van der Waals surface area contributed by atoms with E-state index < -0.39 is 27.1 Å². The fourth-order valence-corrected chi connectivity index (χ4v) is 2.09. The van der Waals surface area contributed by atoms with E-state index in [0.29, 0.717) is 0 Å². The Labute approximate surface area is 135 Å². The average molecular weight is 326 g/mol. The lowest BCUT2D eigenvalue weighted by Gasteiger charge is -2.09. The van der Waals surface area contributed by atoms with Crippen LogP contribution in [-0.2, 0) is 0 Å². The van der Waals surface area contributed by atoms with Gasteiger partial charge in [0.1, 0.15) is 6.07 Å². The summed E-state index contributed by atoms with van der Waals surface area (Å²) in [6.45, 7) is 1.33. The lowest BCUT2D eigenvalue weighted by atomic mass is 10.0. The maximum Gasteiger partial charge on any atom is 0.279 e. The summed E-state index contributed by atoms with van der Waals surface area (Å²) in [7, 11) is 0. The van der Waals surface area contributed by atoms with Crippen LogP contribution in [0.5, 0.6) is 0 Å². The quantitative estimate of drug-likeness (QED) is 0.676. The third kappa shape index (κ3) is 3.17. The number of rotatable bonds is 4. The van der Waals surface area contributed by atoms with Crippen LogP contribution in [0, 0.1) is 38.5 Å². The van der Waals surface area contributed by atoms with E-state index in [-0.39, 0.29) is 22.4 Å². The van der Waals surface area contributed by atoms with Crippen molar-refractivity contribution in [2.24, 2.45) is 0 Å². The summed E-state index contributed by atoms with van der Waals surface area (Å²) in [5, 5.41) is 33.4. The van der Waals surface area contributed by atoms with Gasteiger partial charge in [-0.3, -0.25) is 25.0 Å². The van der Waals surface area contributed by atoms with Gasteiger partial charge in [-0.25, -0.2) is 0 Å². The van der Waals surface area contributed by atoms with E-state index in [1.165, 1.54) is 19.1 Å². The number of non-ortho nitro benzene ring substituents is 1. The number of benzene rings is 2. The van der Waals surface area contributed by atoms with Crippen molar-refractivity contribution in [2.75, 3.05) is 5.32 Å². The van der Waals surface area contributed by atoms with E-state index in [4.69, 9.17) is 5.26 Å². The molecule has 0 saturated heterocycles. The minimum Gasteiger partial charge on any atom is -0.321 e. The number of nitro groups is 2. The third-order valence-electron chi connectivity index (χ3n) is 3.31. The lowest BCUT2D eigenvalue weighted by Crippen LogP contribution is -2.15. The molecule has 0 aromatic heterocycles. The minimum absolute atomic E-state index is 0.00228. The van der Waals surface area contributed by atoms with Crippen LogP contribution in [0.3, 0.4) is 0 Å². The van der Waals surface area contributed by atoms with Crippen molar-refractivity contribution in [3.05, 3.63) is 73.3 Å². The zero-order valence-corrected chi connectivity index (χ0v) is 12.3. The first-order valence-electron chi connectivity index (χ1n) is 6.59. The van der Waals surface area contributed by atoms with E-state index in [1.807, 2.05) is 6.07 Å². The highest BCUT2D eigenvalue weighted by Crippen LogP contribution is 2.28. The van der Waals surface area contributed by atoms with Gasteiger partial charge in [0.25, 0.3) is 17.3 Å². The molecule has 9 nitrogen and oxygen atoms in total. The molecule has 120 valence electrons. The molecule has 1 amide bonds. The topological polar surface area (TPSA) is 139 Å². The predicted octanol–water partition coefficient (Wildman–Crippen LogP) is 2.94. The minimum atomic E-state index is -0.813. The molecular formula is C15H10N4O5. The predicted molar refractivity (Wildman–Crippen MR) is 83.6 cm³/mol. The highest BCUT2D eigenvalue weighted by Gasteiger charge is 2.25. The summed E-state index contributed by atoms with van der Waals surface area (Å²) in [6, 6.07) is 9.83. The molecule has 0 unspecified atom stereocenters. The average Bonchev–Trinajstić information content (AvgIpc) is 2.54. The molecule has 0 aliphatic carbocycles. The van der Waals surface area contributed by atoms with E-state index in [1.54, 1.807) is 12.1 Å². The molecule has 0 aliphatic rings. The fraction of sp³-hybridized carbons (Fsp3) is 0.0667. The zero-order valence-electron chi connectivity index (χ0n) is 12.3. The van der Waals surface area contributed by atoms with Crippen molar-refractivity contribution in [3.8, 4) is 6.07 Å². The van der Waals surface area contributed by atoms with Crippen LogP contribution in [-0.4, -0.2) is 15.8 Å². The van der Waals surface area contributed by atoms with Gasteiger partial charge in [-0.2, -0.15) is 5.26 Å². The molecule has 2 aromatic rings. The molecule has 0 spiro atoms. The Morgan fingerprint density at radius 3 is 2.42 bits per heavy atom. The normalized spacial score (nSPS) is 9.83. The van der Waals surface area contributed by atoms with Gasteiger partial charge in [0.05, 0.1) is 32.7 Å². The van der Waals surface area contributed by atoms with Crippen LogP contribution in [0.2, 0.25) is 0 Å². The lowest BCUT2D eigenvalue weighted by molar-refractivity contribution is -0.394. The van der Waals surface area contributed by atoms with Gasteiger partial charge < -0.3 is 5.32 Å². The molecule has 9 heteroatoms. The standard InChI is InChI=1S/C15H10N4O5/c1-9-12(6-11(18(21)22)7-14(9)19(23)24)15(20)17-13-5-3-2-4-10(13)8-16/h2-7H,1H3,(H,17,20). The molecule has 0 bridgehead atoms. The second-order valence-electron chi connectivity index (χ2n) is 4.76. The molecule has 0 fully saturated rings. The molecule has 2 rings (SSSR count). The molecule has 1 N–H and O–H groups in total. The number of nitriles is 1. The number of para-hydroxylation sites is 1. The number of nitrogens with zero attached hydrogens (tertiary/aromatic N) is 3. The SMILES string of the molecule is Cc1c(C(=O)Nc2ccccc2C#N)cc([N+](=O)[O-])cc1[N+](=O)[O-]. The highest BCUT2D eigenvalue weighted by atomic mass is 16.6. The van der Waals surface area contributed by atoms with E-state index in [9.17, 15) is 25.0 Å². The van der Waals surface area contributed by atoms with Gasteiger partial charge in [0.2, 0.25) is 0 Å². The van der Waals surface area contributed by atoms with Crippen LogP contribution in [0.25, 0.3) is 0 Å². The number of nitro benzene ring substituents is 2. The van der Waals surface area contributed by atoms with Gasteiger partial charge in [0, 0.05) is 11.6 Å². The monoisotopic (exact) mass is 326 g/mol. The van der Waals surface area contributed by atoms with Crippen molar-refractivity contribution < 1.29 is 14.6 Å². The Hall–Kier alpha value is -3.80. The van der Waals surface area contributed by atoms with Gasteiger partial charge in [0.15, 0.2) is 0 Å². The smallest absolute Gasteiger partial charge is 0.279 e. The second kappa shape index (κ2) is 6.53. The number of nitrogens with one attached hydrogen (secondary N) is 1. The molecule has 0 radical (unpaired) electrons. The molecule has 2 aromatic carbocycles. The number of hydrogen-bond acceptors (Lipinski definition) is 6. The first-order chi connectivity index (χ1) is 11.3. The van der Waals surface area contributed by atoms with Crippen LogP contribution < -0.4 is 5.32 Å². The first kappa shape index (κ1) is 16.6. The van der Waals surface area contributed by atoms with Crippen molar-refractivity contribution in [2.45, 2.75) is 6.92 Å². The number of hydrogen-bond donors (Lipinski definition) is 1. The van der Waals surface area contributed by atoms with Crippen molar-refractivity contribution in [3.63, 3.8) is 0 Å². The number of amides is 1. The Morgan fingerprint density at radius 2 is 1.83 bits per heavy atom. The molecule has 0 saturated carbocycles. The van der Waals surface area contributed by atoms with Gasteiger partial charge >= 0.3 is 0 Å². The molecule has 0 atom stereocenters. The Morgan fingerprint density at radius 1 is 1.17 bits per heavy atom. The first-order valence-corrected chi connectivity index (χ1v) is 6.59. The van der Waals surface area contributed by atoms with Gasteiger partial charge in [-0.1, -0.05) is 12.1 Å². The third-order valence-corrected chi connectivity index (χ3v) is 3.31. The summed E-state index contributed by atoms with van der Waals surface area (Å²) >= 11 is 0. The van der Waals surface area contributed by atoms with Crippen molar-refractivity contribution >= 4 is 23.0 Å². The second-order valence-corrected chi connectivity index (χ2v) is 4.76. The summed E-state index contributed by atoms with van der Waals surface area (Å²) < 4.78 is 0. The molecule has 0 aliphatic heterocycles. The number of carbonyl (C=O) groups excluding carboxylic acids is 1. The van der Waals surface area contributed by atoms with Crippen LogP contribution in [0.4, 0.5) is 17.1 Å². The Bertz CT molecular complexity index is 901. The highest BCUT2D eigenvalue weighted by molar-refractivity contribution is 6.07. The largest absolute Gasteiger partial charge is 0.321 e. The van der Waals surface area contributed by atoms with E-state index in [0.717, 1.165) is 12.1 Å². The molecule has 24 heavy (non-hydrogen) atoms. The Kier molecular flexibility index (Phi) is 4.51. The number of anilines is 1. The van der Waals surface area contributed by atoms with Crippen LogP contribution in [0.1, 0.15) is 21.5 Å². The summed E-state index contributed by atoms with van der Waals surface area (Å²) in [5.74, 6) is -0.776. The van der Waals surface area contributed by atoms with Gasteiger partial charge in [-0.05, 0) is 19.1 Å². The van der Waals surface area contributed by atoms with Crippen molar-refractivity contribution in [1.29, 1.82) is 5.26 Å². The van der Waals surface area contributed by atoms with E-state index >= 15 is 0 Å². The molecular weight excluding hydrogens is 316 g/mol. The van der Waals surface area contributed by atoms with Crippen LogP contribution >= 0.6 is 0 Å². The van der Waals surface area contributed by atoms with Crippen molar-refractivity contribution in [1.82, 2.24) is 0 Å². The molecule has 0 heterocycles. The fourth-order valence-electron chi connectivity index (χ4n) is 2.09. The maximum absolute atomic E-state index is 12.4. The summed E-state index contributed by atoms with van der Waals surface area (Å²) in [5.41, 5.74) is -0.892. The summed E-state index contributed by atoms with van der Waals surface area (Å²) in [6.07, 6.45) is 0. The zero-order chi connectivity index (χ0) is 17.9. The Balaban J connectivity index is 2.51. The maximum atomic E-state index is 12.4. The van der Waals surface area contributed by atoms with Gasteiger partial charge in [-0.15, -0.1) is 0 Å². The van der Waals surface area contributed by atoms with Crippen LogP contribution in [0.15, 0.2) is 36.4 Å².